The van der Waals surface area contributed by atoms with E-state index >= 15 is 0 Å². The Balaban J connectivity index is 0. The molecule has 1 radical (unpaired) electrons. The van der Waals surface area contributed by atoms with Crippen LogP contribution in [0.15, 0.2) is 0 Å². The van der Waals surface area contributed by atoms with E-state index in [2.05, 4.69) is 83.1 Å². The Bertz CT molecular complexity index is 237. The van der Waals surface area contributed by atoms with Gasteiger partial charge in [-0.1, -0.05) is 98.9 Å². The van der Waals surface area contributed by atoms with E-state index in [4.69, 9.17) is 0 Å². The molecule has 0 spiro atoms. The largest absolute Gasteiger partial charge is 0.0953 e. The van der Waals surface area contributed by atoms with Gasteiger partial charge in [-0.15, -0.1) is 0 Å². The van der Waals surface area contributed by atoms with Crippen molar-refractivity contribution in [1.29, 1.82) is 0 Å². The summed E-state index contributed by atoms with van der Waals surface area (Å²) >= 11 is 0. The predicted molar refractivity (Wildman–Crippen MR) is 103 cm³/mol. The van der Waals surface area contributed by atoms with E-state index in [-0.39, 0.29) is 36.3 Å². The van der Waals surface area contributed by atoms with Crippen molar-refractivity contribution in [3.05, 3.63) is 0 Å². The summed E-state index contributed by atoms with van der Waals surface area (Å²) in [5.41, 5.74) is 0. The topological polar surface area (TPSA) is 0 Å². The van der Waals surface area contributed by atoms with E-state index in [1.165, 1.54) is 12.3 Å². The second kappa shape index (κ2) is 8.07. The Morgan fingerprint density at radius 1 is 0.429 bits per heavy atom. The fraction of sp³-hybridized carbons (Fsp3) is 1.00. The summed E-state index contributed by atoms with van der Waals surface area (Å²) in [6.45, 7) is 29.3. The van der Waals surface area contributed by atoms with Gasteiger partial charge in [0.2, 0.25) is 0 Å². The van der Waals surface area contributed by atoms with Crippen LogP contribution in [0.3, 0.4) is 0 Å². The first-order chi connectivity index (χ1) is 8.47. The van der Waals surface area contributed by atoms with Gasteiger partial charge in [-0.25, -0.2) is 0 Å². The van der Waals surface area contributed by atoms with Gasteiger partial charge in [-0.05, 0) is 32.9 Å². The summed E-state index contributed by atoms with van der Waals surface area (Å²) in [5, 5.41) is 1.85. The van der Waals surface area contributed by atoms with E-state index < -0.39 is 0 Å². The average Bonchev–Trinajstić information content (AvgIpc) is 2.02. The molecule has 0 saturated heterocycles. The zero-order valence-corrected chi connectivity index (χ0v) is 21.2. The molecule has 0 N–H and O–H groups in total. The molecule has 21 heavy (non-hydrogen) atoms. The molecule has 0 unspecified atom stereocenters. The third-order valence-electron chi connectivity index (χ3n) is 3.79. The maximum atomic E-state index is 2.44. The first kappa shape index (κ1) is 24.8. The van der Waals surface area contributed by atoms with Crippen LogP contribution in [0, 0.1) is 0 Å². The summed E-state index contributed by atoms with van der Waals surface area (Å²) in [6.07, 6.45) is 2.87. The van der Waals surface area contributed by atoms with Crippen molar-refractivity contribution in [1.82, 2.24) is 0 Å². The van der Waals surface area contributed by atoms with E-state index in [0.29, 0.717) is 20.6 Å². The quantitative estimate of drug-likeness (QED) is 0.358. The minimum Gasteiger partial charge on any atom is -0.0953 e. The summed E-state index contributed by atoms with van der Waals surface area (Å²) in [5.74, 6) is 0. The predicted octanol–water partition coefficient (Wildman–Crippen LogP) is 7.14. The van der Waals surface area contributed by atoms with Crippen molar-refractivity contribution in [2.75, 3.05) is 12.3 Å². The molecule has 0 atom stereocenters. The van der Waals surface area contributed by atoms with Crippen molar-refractivity contribution >= 4 is 15.8 Å². The molecule has 0 heterocycles. The van der Waals surface area contributed by atoms with Crippen LogP contribution in [0.25, 0.3) is 0 Å². The molecule has 0 fully saturated rings. The summed E-state index contributed by atoms with van der Waals surface area (Å²) in [6, 6.07) is 0. The molecule has 0 aliphatic rings. The smallest absolute Gasteiger partial charge is 0 e. The molecular weight excluding hydrogens is 464 g/mol. The SMILES string of the molecule is CC(C)(C)P(CCP(C(C)(C)C)C(C)(C)C)C(C)(C)C.[Re]. The maximum absolute atomic E-state index is 2.44. The number of hydrogen-bond acceptors (Lipinski definition) is 0. The van der Waals surface area contributed by atoms with Crippen molar-refractivity contribution in [2.24, 2.45) is 0 Å². The van der Waals surface area contributed by atoms with Crippen LogP contribution in [0.4, 0.5) is 0 Å². The zero-order chi connectivity index (χ0) is 16.6. The summed E-state index contributed by atoms with van der Waals surface area (Å²) < 4.78 is 0. The first-order valence-electron chi connectivity index (χ1n) is 8.03. The molecule has 3 heteroatoms. The van der Waals surface area contributed by atoms with Crippen LogP contribution in [-0.4, -0.2) is 32.9 Å². The molecule has 0 nitrogen and oxygen atoms in total. The average molecular weight is 505 g/mol. The normalized spacial score (nSPS) is 14.6. The van der Waals surface area contributed by atoms with E-state index in [1.807, 2.05) is 0 Å². The van der Waals surface area contributed by atoms with Crippen LogP contribution in [-0.2, 0) is 20.4 Å². The van der Waals surface area contributed by atoms with Gasteiger partial charge in [0.25, 0.3) is 0 Å². The van der Waals surface area contributed by atoms with Crippen molar-refractivity contribution in [2.45, 2.75) is 104 Å². The summed E-state index contributed by atoms with van der Waals surface area (Å²) in [7, 11) is 0.0933. The van der Waals surface area contributed by atoms with Crippen molar-refractivity contribution in [3.63, 3.8) is 0 Å². The van der Waals surface area contributed by atoms with Crippen LogP contribution < -0.4 is 0 Å². The Kier molecular flexibility index (Phi) is 9.51. The van der Waals surface area contributed by atoms with Crippen molar-refractivity contribution < 1.29 is 20.4 Å². The van der Waals surface area contributed by atoms with Gasteiger partial charge in [0.15, 0.2) is 0 Å². The van der Waals surface area contributed by atoms with Crippen LogP contribution in [0.1, 0.15) is 83.1 Å². The van der Waals surface area contributed by atoms with Gasteiger partial charge in [0.05, 0.1) is 0 Å². The summed E-state index contributed by atoms with van der Waals surface area (Å²) in [4.78, 5) is 0. The number of hydrogen-bond donors (Lipinski definition) is 0. The first-order valence-corrected chi connectivity index (χ1v) is 11.1. The standard InChI is InChI=1S/C18H40P2.Re/c1-15(2,3)19(16(4,5)6)13-14-20(17(7,8)9)18(10,11)12;/h13-14H2,1-12H3;. The third kappa shape index (κ3) is 8.80. The minimum atomic E-state index is 0. The number of rotatable bonds is 3. The molecule has 0 aromatic rings. The zero-order valence-electron chi connectivity index (χ0n) is 16.7. The third-order valence-corrected chi connectivity index (χ3v) is 12.0. The molecule has 129 valence electrons. The molecule has 0 amide bonds. The Morgan fingerprint density at radius 2 is 0.571 bits per heavy atom. The Labute approximate surface area is 152 Å². The van der Waals surface area contributed by atoms with Crippen LogP contribution >= 0.6 is 15.8 Å². The van der Waals surface area contributed by atoms with E-state index in [9.17, 15) is 0 Å². The second-order valence-electron chi connectivity index (χ2n) is 9.99. The molecule has 0 saturated carbocycles. The Hall–Kier alpha value is 1.52. The molecule has 0 aromatic heterocycles. The van der Waals surface area contributed by atoms with Crippen LogP contribution in [0.5, 0.6) is 0 Å². The van der Waals surface area contributed by atoms with Gasteiger partial charge in [-0.3, -0.25) is 0 Å². The molecule has 0 aliphatic carbocycles. The maximum Gasteiger partial charge on any atom is 0 e. The van der Waals surface area contributed by atoms with Crippen molar-refractivity contribution in [3.8, 4) is 0 Å². The van der Waals surface area contributed by atoms with Gasteiger partial charge >= 0.3 is 0 Å². The van der Waals surface area contributed by atoms with Gasteiger partial charge in [0.1, 0.15) is 0 Å². The second-order valence-corrected chi connectivity index (χ2v) is 18.0. The molecule has 0 aliphatic heterocycles. The Morgan fingerprint density at radius 3 is 0.667 bits per heavy atom. The molecule has 0 bridgehead atoms. The van der Waals surface area contributed by atoms with Gasteiger partial charge in [0, 0.05) is 20.4 Å². The fourth-order valence-electron chi connectivity index (χ4n) is 3.55. The molecular formula is C18H40P2Re. The monoisotopic (exact) mass is 505 g/mol. The molecule has 0 rings (SSSR count). The van der Waals surface area contributed by atoms with E-state index in [1.54, 1.807) is 0 Å². The minimum absolute atomic E-state index is 0. The van der Waals surface area contributed by atoms with Crippen LogP contribution in [0.2, 0.25) is 0 Å². The fourth-order valence-corrected chi connectivity index (χ4v) is 11.9. The molecule has 0 aromatic carbocycles. The van der Waals surface area contributed by atoms with Gasteiger partial charge < -0.3 is 0 Å². The van der Waals surface area contributed by atoms with Gasteiger partial charge in [-0.2, -0.15) is 0 Å². The van der Waals surface area contributed by atoms with E-state index in [0.717, 1.165) is 0 Å².